The Hall–Kier alpha value is -5.05. The number of ether oxygens (including phenoxy) is 4. The summed E-state index contributed by atoms with van der Waals surface area (Å²) in [6, 6.07) is 22.4. The first-order chi connectivity index (χ1) is 20.9. The van der Waals surface area contributed by atoms with Crippen LogP contribution >= 0.6 is 0 Å². The van der Waals surface area contributed by atoms with E-state index in [-0.39, 0.29) is 6.54 Å². The molecule has 1 aliphatic heterocycles. The smallest absolute Gasteiger partial charge is 0.259 e. The topological polar surface area (TPSA) is 86.3 Å². The van der Waals surface area contributed by atoms with E-state index >= 15 is 0 Å². The van der Waals surface area contributed by atoms with Crippen LogP contribution in [-0.4, -0.2) is 45.8 Å². The lowest BCUT2D eigenvalue weighted by Gasteiger charge is -2.32. The minimum atomic E-state index is -1.10. The summed E-state index contributed by atoms with van der Waals surface area (Å²) in [6.45, 7) is 2.98. The van der Waals surface area contributed by atoms with Crippen molar-refractivity contribution in [1.82, 2.24) is 5.32 Å². The number of hydrogen-bond acceptors (Lipinski definition) is 6. The highest BCUT2D eigenvalue weighted by Gasteiger charge is 2.34. The summed E-state index contributed by atoms with van der Waals surface area (Å²) >= 11 is 0. The summed E-state index contributed by atoms with van der Waals surface area (Å²) in [5, 5.41) is 2.99. The molecule has 8 nitrogen and oxygen atoms in total. The second-order valence-corrected chi connectivity index (χ2v) is 10.1. The van der Waals surface area contributed by atoms with Crippen molar-refractivity contribution in [3.05, 3.63) is 113 Å². The molecule has 0 spiro atoms. The molecule has 0 fully saturated rings. The molecule has 0 aliphatic carbocycles. The fourth-order valence-electron chi connectivity index (χ4n) is 5.00. The van der Waals surface area contributed by atoms with Gasteiger partial charge in [0, 0.05) is 17.8 Å². The summed E-state index contributed by atoms with van der Waals surface area (Å²) in [7, 11) is 3.13. The van der Waals surface area contributed by atoms with Crippen LogP contribution in [0.2, 0.25) is 0 Å². The molecule has 5 rings (SSSR count). The van der Waals surface area contributed by atoms with Crippen molar-refractivity contribution in [1.29, 1.82) is 0 Å². The third-order valence-electron chi connectivity index (χ3n) is 7.14. The Bertz CT molecular complexity index is 1610. The predicted molar refractivity (Wildman–Crippen MR) is 161 cm³/mol. The largest absolute Gasteiger partial charge is 0.493 e. The molecular formula is C34H33FN2O6. The van der Waals surface area contributed by atoms with Gasteiger partial charge in [-0.3, -0.25) is 14.5 Å². The fourth-order valence-corrected chi connectivity index (χ4v) is 5.00. The summed E-state index contributed by atoms with van der Waals surface area (Å²) in [6.07, 6.45) is 0.503. The van der Waals surface area contributed by atoms with Crippen LogP contribution in [0.1, 0.15) is 33.1 Å². The van der Waals surface area contributed by atoms with Crippen molar-refractivity contribution in [3.63, 3.8) is 0 Å². The van der Waals surface area contributed by atoms with Gasteiger partial charge in [0.1, 0.15) is 25.1 Å². The summed E-state index contributed by atoms with van der Waals surface area (Å²) in [4.78, 5) is 29.8. The van der Waals surface area contributed by atoms with Gasteiger partial charge in [-0.05, 0) is 84.6 Å². The number of nitrogens with one attached hydrogen (secondary N) is 1. The lowest BCUT2D eigenvalue weighted by Crippen LogP contribution is -2.44. The van der Waals surface area contributed by atoms with Crippen molar-refractivity contribution >= 4 is 17.5 Å². The van der Waals surface area contributed by atoms with Gasteiger partial charge >= 0.3 is 0 Å². The number of rotatable bonds is 10. The van der Waals surface area contributed by atoms with E-state index in [1.54, 1.807) is 38.5 Å². The van der Waals surface area contributed by atoms with E-state index in [9.17, 15) is 14.0 Å². The molecule has 0 aromatic heterocycles. The van der Waals surface area contributed by atoms with Crippen LogP contribution in [0.3, 0.4) is 0 Å². The molecule has 1 atom stereocenters. The molecule has 0 unspecified atom stereocenters. The minimum absolute atomic E-state index is 0.284. The predicted octanol–water partition coefficient (Wildman–Crippen LogP) is 5.67. The van der Waals surface area contributed by atoms with E-state index < -0.39 is 23.7 Å². The zero-order chi connectivity index (χ0) is 30.3. The van der Waals surface area contributed by atoms with E-state index in [0.29, 0.717) is 59.4 Å². The maximum Gasteiger partial charge on any atom is 0.259 e. The maximum atomic E-state index is 14.3. The Morgan fingerprint density at radius 1 is 0.884 bits per heavy atom. The Labute approximate surface area is 249 Å². The molecule has 1 N–H and O–H groups in total. The average Bonchev–Trinajstić information content (AvgIpc) is 3.03. The Balaban J connectivity index is 1.49. The van der Waals surface area contributed by atoms with Crippen LogP contribution in [0.25, 0.3) is 0 Å². The second kappa shape index (κ2) is 13.3. The standard InChI is InChI=1S/C34H33FN2O6/c1-22-5-4-6-27(19-22)37(34(39)25-10-14-29-31(21-25)43-18-17-42-29)32(24-8-11-26(35)12-9-24)33(38)36-16-15-23-7-13-28(40-2)30(20-23)41-3/h4-14,19-21,32H,15-18H2,1-3H3,(H,36,38)/t32-/m1/s1. The number of carbonyl (C=O) groups excluding carboxylic acids is 2. The fraction of sp³-hybridized carbons (Fsp3) is 0.235. The molecule has 1 heterocycles. The van der Waals surface area contributed by atoms with E-state index in [4.69, 9.17) is 18.9 Å². The van der Waals surface area contributed by atoms with Crippen LogP contribution in [0.4, 0.5) is 10.1 Å². The lowest BCUT2D eigenvalue weighted by molar-refractivity contribution is -0.122. The number of hydrogen-bond donors (Lipinski definition) is 1. The highest BCUT2D eigenvalue weighted by molar-refractivity contribution is 6.10. The number of aryl methyl sites for hydroxylation is 1. The molecule has 43 heavy (non-hydrogen) atoms. The first-order valence-corrected chi connectivity index (χ1v) is 13.9. The molecule has 0 saturated heterocycles. The van der Waals surface area contributed by atoms with Crippen LogP contribution in [-0.2, 0) is 11.2 Å². The molecule has 0 radical (unpaired) electrons. The number of carbonyl (C=O) groups is 2. The third kappa shape index (κ3) is 6.72. The Kier molecular flexibility index (Phi) is 9.10. The van der Waals surface area contributed by atoms with Crippen molar-refractivity contribution in [3.8, 4) is 23.0 Å². The van der Waals surface area contributed by atoms with Crippen molar-refractivity contribution in [2.24, 2.45) is 0 Å². The lowest BCUT2D eigenvalue weighted by atomic mass is 10.0. The van der Waals surface area contributed by atoms with Crippen molar-refractivity contribution < 1.29 is 32.9 Å². The zero-order valence-corrected chi connectivity index (χ0v) is 24.3. The van der Waals surface area contributed by atoms with Crippen molar-refractivity contribution in [2.45, 2.75) is 19.4 Å². The van der Waals surface area contributed by atoms with Gasteiger partial charge in [0.15, 0.2) is 23.0 Å². The quantitative estimate of drug-likeness (QED) is 0.259. The van der Waals surface area contributed by atoms with Crippen LogP contribution < -0.4 is 29.2 Å². The number of fused-ring (bicyclic) bond motifs is 1. The number of amides is 2. The van der Waals surface area contributed by atoms with Gasteiger partial charge in [0.05, 0.1) is 14.2 Å². The molecule has 2 amide bonds. The van der Waals surface area contributed by atoms with Crippen LogP contribution in [0.5, 0.6) is 23.0 Å². The number of benzene rings is 4. The molecule has 222 valence electrons. The van der Waals surface area contributed by atoms with E-state index in [2.05, 4.69) is 5.32 Å². The normalized spacial score (nSPS) is 12.7. The maximum absolute atomic E-state index is 14.3. The van der Waals surface area contributed by atoms with Gasteiger partial charge in [-0.2, -0.15) is 0 Å². The van der Waals surface area contributed by atoms with Gasteiger partial charge < -0.3 is 24.3 Å². The molecular weight excluding hydrogens is 551 g/mol. The zero-order valence-electron chi connectivity index (χ0n) is 24.3. The summed E-state index contributed by atoms with van der Waals surface area (Å²) < 4.78 is 36.1. The highest BCUT2D eigenvalue weighted by atomic mass is 19.1. The Morgan fingerprint density at radius 3 is 2.35 bits per heavy atom. The first kappa shape index (κ1) is 29.4. The van der Waals surface area contributed by atoms with E-state index in [1.165, 1.54) is 29.2 Å². The monoisotopic (exact) mass is 584 g/mol. The van der Waals surface area contributed by atoms with Gasteiger partial charge in [-0.25, -0.2) is 4.39 Å². The SMILES string of the molecule is COc1ccc(CCNC(=O)[C@@H](c2ccc(F)cc2)N(C(=O)c2ccc3c(c2)OCCO3)c2cccc(C)c2)cc1OC. The number of nitrogens with zero attached hydrogens (tertiary/aromatic N) is 1. The molecule has 1 aliphatic rings. The number of halogens is 1. The highest BCUT2D eigenvalue weighted by Crippen LogP contribution is 2.35. The molecule has 4 aromatic carbocycles. The van der Waals surface area contributed by atoms with Gasteiger partial charge in [-0.1, -0.05) is 30.3 Å². The summed E-state index contributed by atoms with van der Waals surface area (Å²) in [5.74, 6) is 0.916. The average molecular weight is 585 g/mol. The van der Waals surface area contributed by atoms with Gasteiger partial charge in [0.25, 0.3) is 5.91 Å². The summed E-state index contributed by atoms with van der Waals surface area (Å²) in [5.41, 5.74) is 3.13. The number of methoxy groups -OCH3 is 2. The van der Waals surface area contributed by atoms with Crippen molar-refractivity contribution in [2.75, 3.05) is 38.9 Å². The third-order valence-corrected chi connectivity index (χ3v) is 7.14. The minimum Gasteiger partial charge on any atom is -0.493 e. The van der Waals surface area contributed by atoms with E-state index in [1.807, 2.05) is 43.3 Å². The van der Waals surface area contributed by atoms with Crippen LogP contribution in [0, 0.1) is 12.7 Å². The van der Waals surface area contributed by atoms with Gasteiger partial charge in [0.2, 0.25) is 5.91 Å². The Morgan fingerprint density at radius 2 is 1.63 bits per heavy atom. The van der Waals surface area contributed by atoms with Gasteiger partial charge in [-0.15, -0.1) is 0 Å². The molecule has 0 bridgehead atoms. The molecule has 9 heteroatoms. The van der Waals surface area contributed by atoms with Crippen LogP contribution in [0.15, 0.2) is 84.9 Å². The molecule has 0 saturated carbocycles. The second-order valence-electron chi connectivity index (χ2n) is 10.1. The number of anilines is 1. The molecule has 4 aromatic rings. The van der Waals surface area contributed by atoms with E-state index in [0.717, 1.165) is 11.1 Å². The first-order valence-electron chi connectivity index (χ1n) is 13.9.